The Hall–Kier alpha value is -2.62. The fourth-order valence-corrected chi connectivity index (χ4v) is 1.80. The molecular weight excluding hydrogens is 264 g/mol. The van der Waals surface area contributed by atoms with Crippen LogP contribution in [0.4, 0.5) is 5.69 Å². The minimum absolute atomic E-state index is 0.254. The summed E-state index contributed by atoms with van der Waals surface area (Å²) >= 11 is 0. The van der Waals surface area contributed by atoms with Crippen molar-refractivity contribution in [3.63, 3.8) is 0 Å². The molecule has 0 unspecified atom stereocenters. The lowest BCUT2D eigenvalue weighted by atomic mass is 10.2. The molecule has 4 nitrogen and oxygen atoms in total. The van der Waals surface area contributed by atoms with Crippen molar-refractivity contribution >= 4 is 17.8 Å². The molecule has 108 valence electrons. The lowest BCUT2D eigenvalue weighted by Crippen LogP contribution is -2.08. The number of benzene rings is 2. The summed E-state index contributed by atoms with van der Waals surface area (Å²) in [5.74, 6) is 0.522. The van der Waals surface area contributed by atoms with Crippen molar-refractivity contribution in [1.29, 1.82) is 0 Å². The third kappa shape index (κ3) is 3.92. The van der Waals surface area contributed by atoms with E-state index in [1.807, 2.05) is 55.4 Å². The van der Waals surface area contributed by atoms with Crippen molar-refractivity contribution in [2.45, 2.75) is 0 Å². The van der Waals surface area contributed by atoms with Gasteiger partial charge < -0.3 is 9.64 Å². The van der Waals surface area contributed by atoms with Gasteiger partial charge in [0, 0.05) is 31.6 Å². The molecule has 0 aliphatic rings. The lowest BCUT2D eigenvalue weighted by molar-refractivity contribution is 0.100. The van der Waals surface area contributed by atoms with Gasteiger partial charge in [0.2, 0.25) is 0 Å². The standard InChI is InChI=1S/C17H18N2O2/c1-19(2)15-8-6-14(7-9-15)17(20)18-12-13-4-10-16(21-3)11-5-13/h4-12H,1-3H3. The highest BCUT2D eigenvalue weighted by atomic mass is 16.5. The number of rotatable bonds is 4. The van der Waals surface area contributed by atoms with E-state index < -0.39 is 0 Å². The quantitative estimate of drug-likeness (QED) is 0.809. The highest BCUT2D eigenvalue weighted by Crippen LogP contribution is 2.13. The number of nitrogens with zero attached hydrogens (tertiary/aromatic N) is 2. The van der Waals surface area contributed by atoms with Crippen LogP contribution in [0.5, 0.6) is 5.75 Å². The van der Waals surface area contributed by atoms with Crippen LogP contribution in [-0.4, -0.2) is 33.3 Å². The molecule has 2 rings (SSSR count). The van der Waals surface area contributed by atoms with Gasteiger partial charge in [-0.25, -0.2) is 4.99 Å². The molecule has 2 aromatic carbocycles. The molecule has 4 heteroatoms. The molecule has 0 heterocycles. The first kappa shape index (κ1) is 14.8. The number of anilines is 1. The predicted octanol–water partition coefficient (Wildman–Crippen LogP) is 3.02. The Bertz CT molecular complexity index is 629. The zero-order valence-electron chi connectivity index (χ0n) is 12.4. The zero-order valence-corrected chi connectivity index (χ0v) is 12.4. The van der Waals surface area contributed by atoms with Gasteiger partial charge in [0.05, 0.1) is 7.11 Å². The Morgan fingerprint density at radius 1 is 1.05 bits per heavy atom. The molecule has 0 saturated heterocycles. The molecule has 0 aliphatic heterocycles. The highest BCUT2D eigenvalue weighted by molar-refractivity contribution is 6.01. The van der Waals surface area contributed by atoms with E-state index in [1.54, 1.807) is 25.5 Å². The number of carbonyl (C=O) groups is 1. The maximum Gasteiger partial charge on any atom is 0.276 e. The monoisotopic (exact) mass is 282 g/mol. The lowest BCUT2D eigenvalue weighted by Gasteiger charge is -2.11. The van der Waals surface area contributed by atoms with Crippen molar-refractivity contribution in [3.05, 3.63) is 59.7 Å². The van der Waals surface area contributed by atoms with Crippen LogP contribution in [0, 0.1) is 0 Å². The number of amides is 1. The Morgan fingerprint density at radius 3 is 2.19 bits per heavy atom. The summed E-state index contributed by atoms with van der Waals surface area (Å²) < 4.78 is 5.08. The number of hydrogen-bond donors (Lipinski definition) is 0. The summed E-state index contributed by atoms with van der Waals surface area (Å²) in [4.78, 5) is 17.9. The van der Waals surface area contributed by atoms with Crippen molar-refractivity contribution < 1.29 is 9.53 Å². The number of aliphatic imine (C=N–C) groups is 1. The summed E-state index contributed by atoms with van der Waals surface area (Å²) in [5, 5.41) is 0. The Kier molecular flexibility index (Phi) is 4.72. The molecule has 21 heavy (non-hydrogen) atoms. The van der Waals surface area contributed by atoms with Gasteiger partial charge in [-0.15, -0.1) is 0 Å². The van der Waals surface area contributed by atoms with Crippen LogP contribution in [0.1, 0.15) is 15.9 Å². The van der Waals surface area contributed by atoms with E-state index in [-0.39, 0.29) is 5.91 Å². The fourth-order valence-electron chi connectivity index (χ4n) is 1.80. The number of carbonyl (C=O) groups excluding carboxylic acids is 1. The smallest absolute Gasteiger partial charge is 0.276 e. The van der Waals surface area contributed by atoms with Gasteiger partial charge in [-0.3, -0.25) is 4.79 Å². The normalized spacial score (nSPS) is 10.6. The summed E-state index contributed by atoms with van der Waals surface area (Å²) in [5.41, 5.74) is 2.48. The minimum Gasteiger partial charge on any atom is -0.497 e. The average molecular weight is 282 g/mol. The second kappa shape index (κ2) is 6.70. The van der Waals surface area contributed by atoms with Crippen LogP contribution >= 0.6 is 0 Å². The summed E-state index contributed by atoms with van der Waals surface area (Å²) in [6, 6.07) is 14.7. The summed E-state index contributed by atoms with van der Waals surface area (Å²) in [6.07, 6.45) is 1.56. The molecule has 0 radical (unpaired) electrons. The third-order valence-corrected chi connectivity index (χ3v) is 3.08. The van der Waals surface area contributed by atoms with Crippen LogP contribution < -0.4 is 9.64 Å². The Labute approximate surface area is 124 Å². The molecular formula is C17H18N2O2. The van der Waals surface area contributed by atoms with E-state index in [9.17, 15) is 4.79 Å². The van der Waals surface area contributed by atoms with Gasteiger partial charge in [0.25, 0.3) is 5.91 Å². The highest BCUT2D eigenvalue weighted by Gasteiger charge is 2.03. The molecule has 1 amide bonds. The third-order valence-electron chi connectivity index (χ3n) is 3.08. The first-order chi connectivity index (χ1) is 10.1. The van der Waals surface area contributed by atoms with E-state index in [0.717, 1.165) is 17.0 Å². The summed E-state index contributed by atoms with van der Waals surface area (Å²) in [7, 11) is 5.53. The number of methoxy groups -OCH3 is 1. The van der Waals surface area contributed by atoms with Gasteiger partial charge >= 0.3 is 0 Å². The predicted molar refractivity (Wildman–Crippen MR) is 85.7 cm³/mol. The van der Waals surface area contributed by atoms with Gasteiger partial charge in [0.1, 0.15) is 5.75 Å². The Morgan fingerprint density at radius 2 is 1.67 bits per heavy atom. The van der Waals surface area contributed by atoms with Gasteiger partial charge in [-0.1, -0.05) is 0 Å². The molecule has 0 aliphatic carbocycles. The van der Waals surface area contributed by atoms with Crippen molar-refractivity contribution in [1.82, 2.24) is 0 Å². The second-order valence-electron chi connectivity index (χ2n) is 4.78. The molecule has 0 N–H and O–H groups in total. The van der Waals surface area contributed by atoms with Crippen LogP contribution in [0.15, 0.2) is 53.5 Å². The maximum absolute atomic E-state index is 12.0. The SMILES string of the molecule is COc1ccc(C=NC(=O)c2ccc(N(C)C)cc2)cc1. The van der Waals surface area contributed by atoms with Crippen LogP contribution in [0.2, 0.25) is 0 Å². The molecule has 2 aromatic rings. The van der Waals surface area contributed by atoms with E-state index >= 15 is 0 Å². The van der Waals surface area contributed by atoms with E-state index in [4.69, 9.17) is 4.74 Å². The molecule has 0 spiro atoms. The largest absolute Gasteiger partial charge is 0.497 e. The minimum atomic E-state index is -0.254. The van der Waals surface area contributed by atoms with Crippen LogP contribution in [0.25, 0.3) is 0 Å². The summed E-state index contributed by atoms with van der Waals surface area (Å²) in [6.45, 7) is 0. The van der Waals surface area contributed by atoms with E-state index in [2.05, 4.69) is 4.99 Å². The molecule has 0 aromatic heterocycles. The van der Waals surface area contributed by atoms with Crippen LogP contribution in [0.3, 0.4) is 0 Å². The average Bonchev–Trinajstić information content (AvgIpc) is 2.53. The number of hydrogen-bond acceptors (Lipinski definition) is 3. The van der Waals surface area contributed by atoms with Gasteiger partial charge in [-0.05, 0) is 54.1 Å². The van der Waals surface area contributed by atoms with Crippen molar-refractivity contribution in [2.24, 2.45) is 4.99 Å². The Balaban J connectivity index is 2.07. The van der Waals surface area contributed by atoms with Crippen LogP contribution in [-0.2, 0) is 0 Å². The van der Waals surface area contributed by atoms with E-state index in [0.29, 0.717) is 5.56 Å². The maximum atomic E-state index is 12.0. The van der Waals surface area contributed by atoms with E-state index in [1.165, 1.54) is 0 Å². The zero-order chi connectivity index (χ0) is 15.2. The van der Waals surface area contributed by atoms with Crippen molar-refractivity contribution in [2.75, 3.05) is 26.1 Å². The molecule has 0 saturated carbocycles. The molecule has 0 atom stereocenters. The first-order valence-corrected chi connectivity index (χ1v) is 6.60. The number of ether oxygens (including phenoxy) is 1. The second-order valence-corrected chi connectivity index (χ2v) is 4.78. The molecule has 0 fully saturated rings. The first-order valence-electron chi connectivity index (χ1n) is 6.60. The topological polar surface area (TPSA) is 41.9 Å². The van der Waals surface area contributed by atoms with Gasteiger partial charge in [-0.2, -0.15) is 0 Å². The fraction of sp³-hybridized carbons (Fsp3) is 0.176. The van der Waals surface area contributed by atoms with Crippen molar-refractivity contribution in [3.8, 4) is 5.75 Å². The molecule has 0 bridgehead atoms. The van der Waals surface area contributed by atoms with Gasteiger partial charge in [0.15, 0.2) is 0 Å².